The quantitative estimate of drug-likeness (QED) is 0.690. The van der Waals surface area contributed by atoms with Gasteiger partial charge in [-0.15, -0.1) is 0 Å². The third-order valence-corrected chi connectivity index (χ3v) is 6.92. The standard InChI is InChI=1S/C16H18N2O5S/c19-13-9-24(22,23)8-12(13)18-14(20)16(17-15(18)21)7-3-5-10-4-1-2-6-11(10)16/h1-2,4,6,12-13,19H,3,5,7-9H2,(H,17,21)/t12-,13-,16-/m0/s1. The van der Waals surface area contributed by atoms with Crippen LogP contribution in [-0.2, 0) is 26.6 Å². The van der Waals surface area contributed by atoms with Gasteiger partial charge in [0.05, 0.1) is 23.7 Å². The van der Waals surface area contributed by atoms with Gasteiger partial charge in [0.1, 0.15) is 5.54 Å². The van der Waals surface area contributed by atoms with E-state index < -0.39 is 45.2 Å². The molecule has 3 atom stereocenters. The summed E-state index contributed by atoms with van der Waals surface area (Å²) in [5.41, 5.74) is 0.643. The maximum absolute atomic E-state index is 13.1. The van der Waals surface area contributed by atoms with Gasteiger partial charge in [-0.2, -0.15) is 0 Å². The SMILES string of the molecule is O=C1N[C@]2(CCCc3ccccc32)C(=O)N1[C@H]1CS(=O)(=O)C[C@@H]1O. The van der Waals surface area contributed by atoms with Gasteiger partial charge >= 0.3 is 6.03 Å². The second-order valence-electron chi connectivity index (χ2n) is 6.73. The fraction of sp³-hybridized carbons (Fsp3) is 0.500. The number of amides is 3. The number of fused-ring (bicyclic) bond motifs is 2. The van der Waals surface area contributed by atoms with Gasteiger partial charge in [0.2, 0.25) is 0 Å². The Bertz CT molecular complexity index is 837. The first-order valence-corrected chi connectivity index (χ1v) is 9.79. The van der Waals surface area contributed by atoms with Crippen molar-refractivity contribution in [2.75, 3.05) is 11.5 Å². The molecule has 2 aliphatic heterocycles. The van der Waals surface area contributed by atoms with Gasteiger partial charge < -0.3 is 10.4 Å². The molecule has 128 valence electrons. The fourth-order valence-corrected chi connectivity index (χ4v) is 5.91. The van der Waals surface area contributed by atoms with E-state index in [2.05, 4.69) is 5.32 Å². The fourth-order valence-electron chi connectivity index (χ4n) is 4.14. The van der Waals surface area contributed by atoms with E-state index in [0.29, 0.717) is 6.42 Å². The topological polar surface area (TPSA) is 104 Å². The number of hydrogen-bond acceptors (Lipinski definition) is 5. The molecule has 7 nitrogen and oxygen atoms in total. The van der Waals surface area contributed by atoms with Gasteiger partial charge in [-0.05, 0) is 30.4 Å². The smallest absolute Gasteiger partial charge is 0.325 e. The molecule has 0 bridgehead atoms. The molecule has 1 aromatic rings. The molecule has 24 heavy (non-hydrogen) atoms. The first kappa shape index (κ1) is 15.6. The molecule has 1 aliphatic carbocycles. The van der Waals surface area contributed by atoms with Crippen LogP contribution in [0.1, 0.15) is 24.0 Å². The van der Waals surface area contributed by atoms with Crippen molar-refractivity contribution in [1.29, 1.82) is 0 Å². The molecule has 1 spiro atoms. The Kier molecular flexibility index (Phi) is 3.27. The Balaban J connectivity index is 1.76. The van der Waals surface area contributed by atoms with Crippen LogP contribution in [0.3, 0.4) is 0 Å². The molecule has 2 heterocycles. The average Bonchev–Trinajstić information content (AvgIpc) is 2.93. The summed E-state index contributed by atoms with van der Waals surface area (Å²) in [7, 11) is -3.46. The monoisotopic (exact) mass is 350 g/mol. The number of nitrogens with zero attached hydrogens (tertiary/aromatic N) is 1. The second-order valence-corrected chi connectivity index (χ2v) is 8.89. The number of rotatable bonds is 1. The van der Waals surface area contributed by atoms with Gasteiger partial charge in [0, 0.05) is 0 Å². The van der Waals surface area contributed by atoms with Crippen LogP contribution in [-0.4, -0.2) is 54.0 Å². The Morgan fingerprint density at radius 2 is 1.96 bits per heavy atom. The lowest BCUT2D eigenvalue weighted by atomic mass is 9.76. The van der Waals surface area contributed by atoms with Crippen LogP contribution in [0.4, 0.5) is 4.79 Å². The number of aryl methyl sites for hydroxylation is 1. The predicted octanol–water partition coefficient (Wildman–Crippen LogP) is -0.0721. The number of imide groups is 1. The number of aliphatic hydroxyl groups excluding tert-OH is 1. The Morgan fingerprint density at radius 3 is 2.67 bits per heavy atom. The van der Waals surface area contributed by atoms with Crippen LogP contribution in [0.5, 0.6) is 0 Å². The number of nitrogens with one attached hydrogen (secondary N) is 1. The largest absolute Gasteiger partial charge is 0.390 e. The summed E-state index contributed by atoms with van der Waals surface area (Å²) in [4.78, 5) is 26.6. The van der Waals surface area contributed by atoms with Crippen molar-refractivity contribution >= 4 is 21.8 Å². The molecule has 0 unspecified atom stereocenters. The van der Waals surface area contributed by atoms with Crippen LogP contribution in [0, 0.1) is 0 Å². The summed E-state index contributed by atoms with van der Waals surface area (Å²) in [6.45, 7) is 0. The van der Waals surface area contributed by atoms with Crippen molar-refractivity contribution in [2.45, 2.75) is 36.9 Å². The summed E-state index contributed by atoms with van der Waals surface area (Å²) in [5, 5.41) is 12.8. The summed E-state index contributed by atoms with van der Waals surface area (Å²) < 4.78 is 23.5. The summed E-state index contributed by atoms with van der Waals surface area (Å²) in [5.74, 6) is -1.26. The second kappa shape index (κ2) is 5.03. The van der Waals surface area contributed by atoms with Crippen LogP contribution in [0.15, 0.2) is 24.3 Å². The van der Waals surface area contributed by atoms with Gasteiger partial charge in [-0.25, -0.2) is 13.2 Å². The highest BCUT2D eigenvalue weighted by Gasteiger charge is 2.58. The Hall–Kier alpha value is -1.93. The van der Waals surface area contributed by atoms with E-state index in [0.717, 1.165) is 28.9 Å². The molecule has 8 heteroatoms. The molecular formula is C16H18N2O5S. The minimum atomic E-state index is -3.46. The number of carbonyl (C=O) groups is 2. The lowest BCUT2D eigenvalue weighted by Gasteiger charge is -2.34. The minimum absolute atomic E-state index is 0.384. The Labute approximate surface area is 139 Å². The third-order valence-electron chi connectivity index (χ3n) is 5.22. The van der Waals surface area contributed by atoms with Crippen molar-refractivity contribution in [3.05, 3.63) is 35.4 Å². The molecule has 4 rings (SSSR count). The maximum Gasteiger partial charge on any atom is 0.325 e. The number of aliphatic hydroxyl groups is 1. The highest BCUT2D eigenvalue weighted by molar-refractivity contribution is 7.91. The number of hydrogen-bond donors (Lipinski definition) is 2. The lowest BCUT2D eigenvalue weighted by Crippen LogP contribution is -2.49. The first-order valence-electron chi connectivity index (χ1n) is 7.97. The molecular weight excluding hydrogens is 332 g/mol. The van der Waals surface area contributed by atoms with Crippen LogP contribution >= 0.6 is 0 Å². The highest BCUT2D eigenvalue weighted by Crippen LogP contribution is 2.41. The van der Waals surface area contributed by atoms with E-state index >= 15 is 0 Å². The molecule has 0 aromatic heterocycles. The van der Waals surface area contributed by atoms with E-state index in [-0.39, 0.29) is 5.75 Å². The van der Waals surface area contributed by atoms with Gasteiger partial charge in [-0.1, -0.05) is 24.3 Å². The molecule has 2 N–H and O–H groups in total. The van der Waals surface area contributed by atoms with Crippen molar-refractivity contribution in [2.24, 2.45) is 0 Å². The van der Waals surface area contributed by atoms with Crippen molar-refractivity contribution in [3.63, 3.8) is 0 Å². The van der Waals surface area contributed by atoms with E-state index in [1.807, 2.05) is 24.3 Å². The number of urea groups is 1. The minimum Gasteiger partial charge on any atom is -0.390 e. The first-order chi connectivity index (χ1) is 11.3. The third kappa shape index (κ3) is 2.09. The Morgan fingerprint density at radius 1 is 1.21 bits per heavy atom. The van der Waals surface area contributed by atoms with Crippen molar-refractivity contribution < 1.29 is 23.1 Å². The van der Waals surface area contributed by atoms with Gasteiger partial charge in [0.25, 0.3) is 5.91 Å². The number of sulfone groups is 1. The zero-order valence-electron chi connectivity index (χ0n) is 12.9. The molecule has 3 amide bonds. The van der Waals surface area contributed by atoms with E-state index in [1.165, 1.54) is 0 Å². The average molecular weight is 350 g/mol. The predicted molar refractivity (Wildman–Crippen MR) is 84.9 cm³/mol. The molecule has 0 saturated carbocycles. The molecule has 3 aliphatic rings. The van der Waals surface area contributed by atoms with Crippen molar-refractivity contribution in [3.8, 4) is 0 Å². The normalized spacial score (nSPS) is 34.5. The highest BCUT2D eigenvalue weighted by atomic mass is 32.2. The van der Waals surface area contributed by atoms with E-state index in [9.17, 15) is 23.1 Å². The molecule has 2 saturated heterocycles. The number of carbonyl (C=O) groups excluding carboxylic acids is 2. The van der Waals surface area contributed by atoms with Gasteiger partial charge in [-0.3, -0.25) is 9.69 Å². The lowest BCUT2D eigenvalue weighted by molar-refractivity contribution is -0.134. The van der Waals surface area contributed by atoms with E-state index in [1.54, 1.807) is 0 Å². The zero-order chi connectivity index (χ0) is 17.1. The van der Waals surface area contributed by atoms with Crippen LogP contribution in [0.25, 0.3) is 0 Å². The van der Waals surface area contributed by atoms with E-state index in [4.69, 9.17) is 0 Å². The molecule has 1 aromatic carbocycles. The van der Waals surface area contributed by atoms with Crippen LogP contribution < -0.4 is 5.32 Å². The maximum atomic E-state index is 13.1. The van der Waals surface area contributed by atoms with Crippen LogP contribution in [0.2, 0.25) is 0 Å². The van der Waals surface area contributed by atoms with Crippen molar-refractivity contribution in [1.82, 2.24) is 10.2 Å². The summed E-state index contributed by atoms with van der Waals surface area (Å²) in [6, 6.07) is 5.84. The van der Waals surface area contributed by atoms with Gasteiger partial charge in [0.15, 0.2) is 9.84 Å². The summed E-state index contributed by atoms with van der Waals surface area (Å²) >= 11 is 0. The molecule has 2 fully saturated rings. The molecule has 0 radical (unpaired) electrons. The summed E-state index contributed by atoms with van der Waals surface area (Å²) in [6.07, 6.45) is 0.823. The number of benzene rings is 1. The zero-order valence-corrected chi connectivity index (χ0v) is 13.8.